The molecule has 1 aromatic heterocycles. The van der Waals surface area contributed by atoms with E-state index >= 15 is 0 Å². The normalized spacial score (nSPS) is 13.9. The molecule has 0 aliphatic rings. The van der Waals surface area contributed by atoms with Crippen LogP contribution in [0.3, 0.4) is 0 Å². The van der Waals surface area contributed by atoms with Crippen LogP contribution in [-0.4, -0.2) is 22.7 Å². The SMILES string of the molecule is Cc1ccc(CNCC(C)(C)C(O)C(C)C)nc1. The Morgan fingerprint density at radius 3 is 2.50 bits per heavy atom. The van der Waals surface area contributed by atoms with Gasteiger partial charge in [0, 0.05) is 24.7 Å². The van der Waals surface area contributed by atoms with Crippen LogP contribution in [0.4, 0.5) is 0 Å². The zero-order chi connectivity index (χ0) is 13.8. The monoisotopic (exact) mass is 250 g/mol. The van der Waals surface area contributed by atoms with Crippen LogP contribution in [0.25, 0.3) is 0 Å². The van der Waals surface area contributed by atoms with Crippen molar-refractivity contribution >= 4 is 0 Å². The van der Waals surface area contributed by atoms with E-state index < -0.39 is 0 Å². The van der Waals surface area contributed by atoms with Crippen LogP contribution in [0, 0.1) is 18.3 Å². The van der Waals surface area contributed by atoms with Gasteiger partial charge in [-0.1, -0.05) is 33.8 Å². The lowest BCUT2D eigenvalue weighted by Crippen LogP contribution is -2.41. The van der Waals surface area contributed by atoms with Gasteiger partial charge in [-0.25, -0.2) is 0 Å². The summed E-state index contributed by atoms with van der Waals surface area (Å²) in [4.78, 5) is 4.35. The number of aromatic nitrogens is 1. The molecule has 0 amide bonds. The van der Waals surface area contributed by atoms with Crippen molar-refractivity contribution in [1.29, 1.82) is 0 Å². The van der Waals surface area contributed by atoms with Gasteiger partial charge in [0.05, 0.1) is 11.8 Å². The quantitative estimate of drug-likeness (QED) is 0.815. The molecule has 0 spiro atoms. The Morgan fingerprint density at radius 2 is 2.00 bits per heavy atom. The second kappa shape index (κ2) is 6.30. The van der Waals surface area contributed by atoms with E-state index in [9.17, 15) is 5.11 Å². The predicted octanol–water partition coefficient (Wildman–Crippen LogP) is 2.52. The number of rotatable bonds is 6. The molecule has 1 rings (SSSR count). The average molecular weight is 250 g/mol. The van der Waals surface area contributed by atoms with Crippen LogP contribution >= 0.6 is 0 Å². The van der Waals surface area contributed by atoms with Gasteiger partial charge in [-0.15, -0.1) is 0 Å². The summed E-state index contributed by atoms with van der Waals surface area (Å²) in [6.07, 6.45) is 1.58. The molecule has 0 aliphatic heterocycles. The molecular weight excluding hydrogens is 224 g/mol. The van der Waals surface area contributed by atoms with Crippen molar-refractivity contribution in [3.8, 4) is 0 Å². The number of aliphatic hydroxyl groups excluding tert-OH is 1. The summed E-state index contributed by atoms with van der Waals surface area (Å²) < 4.78 is 0. The predicted molar refractivity (Wildman–Crippen MR) is 75.3 cm³/mol. The highest BCUT2D eigenvalue weighted by Gasteiger charge is 2.29. The number of pyridine rings is 1. The summed E-state index contributed by atoms with van der Waals surface area (Å²) >= 11 is 0. The number of aryl methyl sites for hydroxylation is 1. The maximum absolute atomic E-state index is 10.1. The third kappa shape index (κ3) is 4.39. The van der Waals surface area contributed by atoms with Crippen LogP contribution in [0.2, 0.25) is 0 Å². The van der Waals surface area contributed by atoms with E-state index in [4.69, 9.17) is 0 Å². The third-order valence-electron chi connectivity index (χ3n) is 3.29. The molecule has 0 radical (unpaired) electrons. The molecule has 18 heavy (non-hydrogen) atoms. The first-order valence-electron chi connectivity index (χ1n) is 6.63. The number of nitrogens with zero attached hydrogens (tertiary/aromatic N) is 1. The van der Waals surface area contributed by atoms with Crippen molar-refractivity contribution < 1.29 is 5.11 Å². The van der Waals surface area contributed by atoms with E-state index in [1.54, 1.807) is 0 Å². The zero-order valence-corrected chi connectivity index (χ0v) is 12.2. The van der Waals surface area contributed by atoms with Gasteiger partial charge in [0.2, 0.25) is 0 Å². The summed E-state index contributed by atoms with van der Waals surface area (Å²) in [5.41, 5.74) is 2.09. The maximum Gasteiger partial charge on any atom is 0.0626 e. The van der Waals surface area contributed by atoms with E-state index in [-0.39, 0.29) is 17.4 Å². The number of aliphatic hydroxyl groups is 1. The smallest absolute Gasteiger partial charge is 0.0626 e. The van der Waals surface area contributed by atoms with Gasteiger partial charge in [0.15, 0.2) is 0 Å². The molecular formula is C15H26N2O. The van der Waals surface area contributed by atoms with Gasteiger partial charge in [0.25, 0.3) is 0 Å². The standard InChI is InChI=1S/C15H26N2O/c1-11(2)14(18)15(4,5)10-16-9-13-7-6-12(3)8-17-13/h6-8,11,14,16,18H,9-10H2,1-5H3. The lowest BCUT2D eigenvalue weighted by molar-refractivity contribution is 0.0134. The molecule has 0 saturated carbocycles. The van der Waals surface area contributed by atoms with E-state index in [1.807, 2.05) is 33.0 Å². The zero-order valence-electron chi connectivity index (χ0n) is 12.2. The maximum atomic E-state index is 10.1. The molecule has 1 unspecified atom stereocenters. The molecule has 0 aromatic carbocycles. The van der Waals surface area contributed by atoms with E-state index in [2.05, 4.69) is 30.2 Å². The highest BCUT2D eigenvalue weighted by molar-refractivity contribution is 5.11. The molecule has 0 aliphatic carbocycles. The van der Waals surface area contributed by atoms with Crippen LogP contribution in [-0.2, 0) is 6.54 Å². The molecule has 0 fully saturated rings. The highest BCUT2D eigenvalue weighted by atomic mass is 16.3. The van der Waals surface area contributed by atoms with Crippen molar-refractivity contribution in [3.05, 3.63) is 29.6 Å². The second-order valence-corrected chi connectivity index (χ2v) is 6.11. The first-order chi connectivity index (χ1) is 8.33. The van der Waals surface area contributed by atoms with Crippen molar-refractivity contribution in [1.82, 2.24) is 10.3 Å². The van der Waals surface area contributed by atoms with Gasteiger partial charge in [-0.2, -0.15) is 0 Å². The fourth-order valence-electron chi connectivity index (χ4n) is 2.12. The van der Waals surface area contributed by atoms with Crippen LogP contribution in [0.15, 0.2) is 18.3 Å². The van der Waals surface area contributed by atoms with Gasteiger partial charge < -0.3 is 10.4 Å². The molecule has 1 aromatic rings. The van der Waals surface area contributed by atoms with Crippen LogP contribution in [0.1, 0.15) is 39.0 Å². The van der Waals surface area contributed by atoms with Gasteiger partial charge in [-0.05, 0) is 24.5 Å². The van der Waals surface area contributed by atoms with E-state index in [0.717, 1.165) is 18.8 Å². The Labute approximate surface area is 111 Å². The number of hydrogen-bond donors (Lipinski definition) is 2. The molecule has 3 nitrogen and oxygen atoms in total. The number of nitrogens with one attached hydrogen (secondary N) is 1. The minimum Gasteiger partial charge on any atom is -0.392 e. The van der Waals surface area contributed by atoms with Crippen molar-refractivity contribution in [3.63, 3.8) is 0 Å². The van der Waals surface area contributed by atoms with E-state index in [0.29, 0.717) is 0 Å². The van der Waals surface area contributed by atoms with E-state index in [1.165, 1.54) is 5.56 Å². The summed E-state index contributed by atoms with van der Waals surface area (Å²) in [5, 5.41) is 13.5. The summed E-state index contributed by atoms with van der Waals surface area (Å²) in [6.45, 7) is 11.8. The Bertz CT molecular complexity index is 357. The molecule has 2 N–H and O–H groups in total. The lowest BCUT2D eigenvalue weighted by Gasteiger charge is -2.33. The lowest BCUT2D eigenvalue weighted by atomic mass is 9.81. The summed E-state index contributed by atoms with van der Waals surface area (Å²) in [5.74, 6) is 0.277. The van der Waals surface area contributed by atoms with Gasteiger partial charge in [0.1, 0.15) is 0 Å². The number of hydrogen-bond acceptors (Lipinski definition) is 3. The second-order valence-electron chi connectivity index (χ2n) is 6.11. The van der Waals surface area contributed by atoms with Crippen LogP contribution in [0.5, 0.6) is 0 Å². The topological polar surface area (TPSA) is 45.1 Å². The van der Waals surface area contributed by atoms with Crippen molar-refractivity contribution in [2.24, 2.45) is 11.3 Å². The van der Waals surface area contributed by atoms with Crippen LogP contribution < -0.4 is 5.32 Å². The fraction of sp³-hybridized carbons (Fsp3) is 0.667. The van der Waals surface area contributed by atoms with Gasteiger partial charge >= 0.3 is 0 Å². The largest absolute Gasteiger partial charge is 0.392 e. The van der Waals surface area contributed by atoms with Gasteiger partial charge in [-0.3, -0.25) is 4.98 Å². The average Bonchev–Trinajstić information content (AvgIpc) is 2.30. The van der Waals surface area contributed by atoms with Crippen molar-refractivity contribution in [2.75, 3.05) is 6.54 Å². The highest BCUT2D eigenvalue weighted by Crippen LogP contribution is 2.25. The Kier molecular flexibility index (Phi) is 5.29. The molecule has 0 bridgehead atoms. The summed E-state index contributed by atoms with van der Waals surface area (Å²) in [6, 6.07) is 4.10. The van der Waals surface area contributed by atoms with Crippen molar-refractivity contribution in [2.45, 2.75) is 47.3 Å². The minimum absolute atomic E-state index is 0.126. The minimum atomic E-state index is -0.295. The third-order valence-corrected chi connectivity index (χ3v) is 3.29. The first kappa shape index (κ1) is 15.1. The Morgan fingerprint density at radius 1 is 1.33 bits per heavy atom. The fourth-order valence-corrected chi connectivity index (χ4v) is 2.12. The molecule has 3 heteroatoms. The molecule has 1 atom stereocenters. The summed E-state index contributed by atoms with van der Waals surface area (Å²) in [7, 11) is 0. The molecule has 1 heterocycles. The first-order valence-corrected chi connectivity index (χ1v) is 6.63. The molecule has 0 saturated heterocycles. The Hall–Kier alpha value is -0.930. The molecule has 102 valence electrons. The Balaban J connectivity index is 2.43.